The molecule has 2 aromatic heterocycles. The summed E-state index contributed by atoms with van der Waals surface area (Å²) in [5.74, 6) is -1.75. The number of alkyl carbamates (subject to hydrolysis) is 1. The van der Waals surface area contributed by atoms with Crippen molar-refractivity contribution < 1.29 is 28.7 Å². The predicted molar refractivity (Wildman–Crippen MR) is 206 cm³/mol. The molecule has 4 atom stereocenters. The molecule has 3 aromatic carbocycles. The van der Waals surface area contributed by atoms with Crippen molar-refractivity contribution in [1.29, 1.82) is 0 Å². The number of aromatic amines is 1. The fourth-order valence-corrected chi connectivity index (χ4v) is 6.79. The van der Waals surface area contributed by atoms with E-state index in [0.29, 0.717) is 18.7 Å². The highest BCUT2D eigenvalue weighted by molar-refractivity contribution is 6.02. The molecule has 0 saturated carbocycles. The van der Waals surface area contributed by atoms with Gasteiger partial charge in [0.25, 0.3) is 0 Å². The molecule has 16 heteroatoms. The first-order chi connectivity index (χ1) is 27.3. The van der Waals surface area contributed by atoms with E-state index in [4.69, 9.17) is 4.74 Å². The van der Waals surface area contributed by atoms with Crippen LogP contribution in [0.3, 0.4) is 0 Å². The largest absolute Gasteiger partial charge is 0.443 e. The number of urea groups is 1. The number of fused-ring (bicyclic) bond motifs is 2. The minimum absolute atomic E-state index is 0.0947. The lowest BCUT2D eigenvalue weighted by Crippen LogP contribution is -2.56. The number of carbonyl (C=O) groups is 5. The van der Waals surface area contributed by atoms with Crippen LogP contribution in [0, 0.1) is 0 Å². The molecule has 0 spiro atoms. The van der Waals surface area contributed by atoms with Crippen LogP contribution in [0.5, 0.6) is 0 Å². The maximum Gasteiger partial charge on any atom is 0.408 e. The van der Waals surface area contributed by atoms with E-state index in [1.807, 2.05) is 78.9 Å². The number of aromatic nitrogens is 3. The second kappa shape index (κ2) is 17.4. The summed E-state index contributed by atoms with van der Waals surface area (Å²) >= 11 is 0. The van der Waals surface area contributed by atoms with E-state index in [9.17, 15) is 24.0 Å². The zero-order valence-electron chi connectivity index (χ0n) is 30.2. The molecular formula is C40H40N10O6. The van der Waals surface area contributed by atoms with Gasteiger partial charge in [-0.1, -0.05) is 66.7 Å². The van der Waals surface area contributed by atoms with Gasteiger partial charge in [-0.05, 0) is 41.7 Å². The Labute approximate surface area is 321 Å². The van der Waals surface area contributed by atoms with Crippen LogP contribution in [0.1, 0.15) is 34.7 Å². The monoisotopic (exact) mass is 756 g/mol. The molecule has 286 valence electrons. The van der Waals surface area contributed by atoms with Crippen molar-refractivity contribution in [2.45, 2.75) is 49.9 Å². The summed E-state index contributed by atoms with van der Waals surface area (Å²) in [5.41, 5.74) is 4.89. The summed E-state index contributed by atoms with van der Waals surface area (Å²) in [6.45, 7) is 0.127. The Hall–Kier alpha value is -7.10. The average Bonchev–Trinajstić information content (AvgIpc) is 3.92. The van der Waals surface area contributed by atoms with Gasteiger partial charge in [0.1, 0.15) is 25.2 Å². The first-order valence-electron chi connectivity index (χ1n) is 18.1. The molecule has 7 rings (SSSR count). The maximum atomic E-state index is 14.4. The van der Waals surface area contributed by atoms with Gasteiger partial charge in [0, 0.05) is 60.3 Å². The molecule has 2 aliphatic rings. The number of benzene rings is 3. The number of ether oxygens (including phenoxy) is 1. The predicted octanol–water partition coefficient (Wildman–Crippen LogP) is 3.14. The van der Waals surface area contributed by atoms with Gasteiger partial charge in [-0.25, -0.2) is 14.6 Å². The number of carbonyl (C=O) groups excluding carboxylic acids is 5. The number of rotatable bonds is 15. The van der Waals surface area contributed by atoms with E-state index in [1.165, 1.54) is 24.8 Å². The third kappa shape index (κ3) is 9.33. The van der Waals surface area contributed by atoms with Gasteiger partial charge in [-0.3, -0.25) is 29.7 Å². The Morgan fingerprint density at radius 1 is 0.911 bits per heavy atom. The van der Waals surface area contributed by atoms with Crippen molar-refractivity contribution in [3.63, 3.8) is 0 Å². The van der Waals surface area contributed by atoms with Gasteiger partial charge in [-0.15, -0.1) is 0 Å². The summed E-state index contributed by atoms with van der Waals surface area (Å²) in [6.07, 6.45) is 7.41. The van der Waals surface area contributed by atoms with Crippen LogP contribution in [0.25, 0.3) is 10.9 Å². The zero-order chi connectivity index (χ0) is 38.9. The van der Waals surface area contributed by atoms with Crippen LogP contribution < -0.4 is 26.6 Å². The van der Waals surface area contributed by atoms with Gasteiger partial charge < -0.3 is 31.0 Å². The van der Waals surface area contributed by atoms with E-state index in [-0.39, 0.29) is 31.9 Å². The molecule has 5 aromatic rings. The summed E-state index contributed by atoms with van der Waals surface area (Å²) in [4.78, 5) is 77.3. The Morgan fingerprint density at radius 2 is 1.70 bits per heavy atom. The van der Waals surface area contributed by atoms with Crippen LogP contribution >= 0.6 is 0 Å². The number of imide groups is 1. The smallest absolute Gasteiger partial charge is 0.408 e. The topological polar surface area (TPSA) is 212 Å². The van der Waals surface area contributed by atoms with E-state index in [1.54, 1.807) is 6.20 Å². The third-order valence-electron chi connectivity index (χ3n) is 9.55. The quantitative estimate of drug-likeness (QED) is 0.0684. The highest BCUT2D eigenvalue weighted by atomic mass is 16.5. The van der Waals surface area contributed by atoms with Crippen LogP contribution in [0.2, 0.25) is 0 Å². The Kier molecular flexibility index (Phi) is 11.5. The summed E-state index contributed by atoms with van der Waals surface area (Å²) in [7, 11) is 0. The molecule has 1 saturated heterocycles. The van der Waals surface area contributed by atoms with Crippen LogP contribution in [0.4, 0.5) is 15.3 Å². The number of hydrazone groups is 1. The summed E-state index contributed by atoms with van der Waals surface area (Å²) in [5, 5.41) is 20.3. The molecule has 1 fully saturated rings. The van der Waals surface area contributed by atoms with Crippen molar-refractivity contribution in [1.82, 2.24) is 41.2 Å². The lowest BCUT2D eigenvalue weighted by atomic mass is 9.93. The van der Waals surface area contributed by atoms with Gasteiger partial charge in [0.2, 0.25) is 17.7 Å². The summed E-state index contributed by atoms with van der Waals surface area (Å²) in [6, 6.07) is 21.1. The second-order valence-electron chi connectivity index (χ2n) is 13.5. The normalized spacial score (nSPS) is 16.4. The van der Waals surface area contributed by atoms with Crippen molar-refractivity contribution in [3.05, 3.63) is 126 Å². The Bertz CT molecular complexity index is 2230. The molecule has 2 aliphatic heterocycles. The van der Waals surface area contributed by atoms with Gasteiger partial charge in [-0.2, -0.15) is 5.10 Å². The molecule has 56 heavy (non-hydrogen) atoms. The van der Waals surface area contributed by atoms with E-state index >= 15 is 0 Å². The van der Waals surface area contributed by atoms with Crippen LogP contribution in [-0.4, -0.2) is 87.2 Å². The highest BCUT2D eigenvalue weighted by Crippen LogP contribution is 2.34. The fraction of sp³-hybridized carbons (Fsp3) is 0.250. The lowest BCUT2D eigenvalue weighted by Gasteiger charge is -2.26. The molecule has 0 bridgehead atoms. The minimum Gasteiger partial charge on any atom is -0.443 e. The molecule has 4 unspecified atom stereocenters. The molecule has 0 radical (unpaired) electrons. The number of H-pyrrole nitrogens is 1. The number of para-hydroxylation sites is 2. The Morgan fingerprint density at radius 3 is 2.50 bits per heavy atom. The van der Waals surface area contributed by atoms with Gasteiger partial charge in [0.05, 0.1) is 17.9 Å². The second-order valence-corrected chi connectivity index (χ2v) is 13.5. The van der Waals surface area contributed by atoms with Gasteiger partial charge in [0.15, 0.2) is 0 Å². The molecular weight excluding hydrogens is 717 g/mol. The number of nitrogens with one attached hydrogen (secondary N) is 6. The van der Waals surface area contributed by atoms with Crippen molar-refractivity contribution in [2.75, 3.05) is 18.4 Å². The molecule has 6 N–H and O–H groups in total. The number of hydrogen-bond donors (Lipinski definition) is 6. The fourth-order valence-electron chi connectivity index (χ4n) is 6.79. The van der Waals surface area contributed by atoms with E-state index in [2.05, 4.69) is 46.6 Å². The zero-order valence-corrected chi connectivity index (χ0v) is 30.2. The van der Waals surface area contributed by atoms with Gasteiger partial charge >= 0.3 is 12.1 Å². The number of anilines is 1. The minimum atomic E-state index is -1.13. The summed E-state index contributed by atoms with van der Waals surface area (Å²) < 4.78 is 5.42. The average molecular weight is 757 g/mol. The SMILES string of the molecule is O=C1CN(/N=C/C(Cc2ccccc2)NC(=O)C(Cc2c[nH]c3ccccc23)NC(=O)C(CC2CNc3ccccc32)NC(=O)OCc2cnccn2)C(=O)N1. The van der Waals surface area contributed by atoms with E-state index < -0.39 is 48.0 Å². The molecule has 0 aliphatic carbocycles. The molecule has 6 amide bonds. The molecule has 4 heterocycles. The van der Waals surface area contributed by atoms with Crippen LogP contribution in [-0.2, 0) is 38.6 Å². The number of nitrogens with zero attached hydrogens (tertiary/aromatic N) is 4. The number of hydrogen-bond acceptors (Lipinski definition) is 10. The third-order valence-corrected chi connectivity index (χ3v) is 9.55. The van der Waals surface area contributed by atoms with Crippen molar-refractivity contribution in [3.8, 4) is 0 Å². The standard InChI is InChI=1S/C40H40N10O6/c51-36-23-50(39(54)49-36)45-22-28(16-25-8-2-1-3-9-25)46-37(52)34(17-26-19-43-32-12-6-4-10-30(26)32)47-38(53)35(18-27-20-44-33-13-7-5-11-31(27)33)48-40(55)56-24-29-21-41-14-15-42-29/h1-15,19,21-22,27-28,34-35,43-44H,16-18,20,23-24H2,(H,46,52)(H,47,53)(H,48,55)(H,49,51,54)/b45-22+. The van der Waals surface area contributed by atoms with E-state index in [0.717, 1.165) is 38.3 Å². The highest BCUT2D eigenvalue weighted by Gasteiger charge is 2.33. The maximum absolute atomic E-state index is 14.4. The first kappa shape index (κ1) is 37.2. The first-order valence-corrected chi connectivity index (χ1v) is 18.1. The van der Waals surface area contributed by atoms with Crippen molar-refractivity contribution >= 4 is 52.7 Å². The van der Waals surface area contributed by atoms with Crippen LogP contribution in [0.15, 0.2) is 109 Å². The van der Waals surface area contributed by atoms with Crippen molar-refractivity contribution in [2.24, 2.45) is 5.10 Å². The lowest BCUT2D eigenvalue weighted by molar-refractivity contribution is -0.130. The molecule has 16 nitrogen and oxygen atoms in total. The Balaban J connectivity index is 1.14. The number of amides is 6.